The summed E-state index contributed by atoms with van der Waals surface area (Å²) < 4.78 is 0. The third kappa shape index (κ3) is 5.48. The van der Waals surface area contributed by atoms with Gasteiger partial charge in [0.2, 0.25) is 0 Å². The van der Waals surface area contributed by atoms with E-state index < -0.39 is 0 Å². The molecule has 0 atom stereocenters. The van der Waals surface area contributed by atoms with E-state index in [1.807, 2.05) is 19.9 Å². The minimum Gasteiger partial charge on any atom is -0.396 e. The maximum Gasteiger partial charge on any atom is 0.0471 e. The van der Waals surface area contributed by atoms with Gasteiger partial charge in [0.15, 0.2) is 0 Å². The largest absolute Gasteiger partial charge is 0.396 e. The Balaban J connectivity index is 3.48. The molecule has 46 valence electrons. The lowest BCUT2D eigenvalue weighted by molar-refractivity contribution is 0.302. The van der Waals surface area contributed by atoms with Crippen LogP contribution in [-0.2, 0) is 0 Å². The summed E-state index contributed by atoms with van der Waals surface area (Å²) in [5.74, 6) is 0. The van der Waals surface area contributed by atoms with E-state index in [0.29, 0.717) is 6.42 Å². The molecule has 0 aliphatic heterocycles. The molecule has 0 aliphatic rings. The minimum atomic E-state index is 0.222. The van der Waals surface area contributed by atoms with Gasteiger partial charge in [0.1, 0.15) is 0 Å². The van der Waals surface area contributed by atoms with Gasteiger partial charge in [0.05, 0.1) is 0 Å². The Labute approximate surface area is 50.3 Å². The van der Waals surface area contributed by atoms with Crippen molar-refractivity contribution in [2.45, 2.75) is 20.3 Å². The standard InChI is InChI=1S/C7H12O/c1-7(2)5-3-4-6-8/h3,8H,4,6H2,1-2H3. The van der Waals surface area contributed by atoms with Gasteiger partial charge in [0.25, 0.3) is 0 Å². The van der Waals surface area contributed by atoms with Gasteiger partial charge in [-0.05, 0) is 31.9 Å². The van der Waals surface area contributed by atoms with Crippen LogP contribution in [-0.4, -0.2) is 11.7 Å². The second-order valence-corrected chi connectivity index (χ2v) is 1.86. The predicted molar refractivity (Wildman–Crippen MR) is 34.6 cm³/mol. The molecule has 0 unspecified atom stereocenters. The van der Waals surface area contributed by atoms with Gasteiger partial charge in [0, 0.05) is 6.61 Å². The number of hydrogen-bond donors (Lipinski definition) is 1. The first-order valence-corrected chi connectivity index (χ1v) is 2.76. The summed E-state index contributed by atoms with van der Waals surface area (Å²) in [5, 5.41) is 8.30. The SMILES string of the molecule is CC(C)=C=CCCO. The van der Waals surface area contributed by atoms with Crippen LogP contribution in [0.2, 0.25) is 0 Å². The lowest BCUT2D eigenvalue weighted by Gasteiger charge is -1.78. The molecule has 0 rings (SSSR count). The molecule has 0 saturated carbocycles. The Hall–Kier alpha value is -0.520. The van der Waals surface area contributed by atoms with Crippen LogP contribution < -0.4 is 0 Å². The molecule has 0 bridgehead atoms. The number of aliphatic hydroxyl groups excluding tert-OH is 1. The number of rotatable bonds is 2. The van der Waals surface area contributed by atoms with Crippen LogP contribution in [0.1, 0.15) is 20.3 Å². The lowest BCUT2D eigenvalue weighted by atomic mass is 10.3. The van der Waals surface area contributed by atoms with E-state index in [-0.39, 0.29) is 6.61 Å². The third-order valence-corrected chi connectivity index (χ3v) is 0.664. The molecule has 1 heteroatoms. The van der Waals surface area contributed by atoms with Crippen molar-refractivity contribution >= 4 is 0 Å². The molecule has 1 nitrogen and oxygen atoms in total. The van der Waals surface area contributed by atoms with Crippen LogP contribution in [0.15, 0.2) is 17.4 Å². The van der Waals surface area contributed by atoms with Crippen molar-refractivity contribution in [3.63, 3.8) is 0 Å². The second-order valence-electron chi connectivity index (χ2n) is 1.86. The number of aliphatic hydroxyl groups is 1. The Kier molecular flexibility index (Phi) is 4.33. The van der Waals surface area contributed by atoms with Crippen LogP contribution in [0.25, 0.3) is 0 Å². The van der Waals surface area contributed by atoms with Crippen molar-refractivity contribution in [1.29, 1.82) is 0 Å². The molecular formula is C7H12O. The van der Waals surface area contributed by atoms with Crippen LogP contribution >= 0.6 is 0 Å². The second kappa shape index (κ2) is 4.63. The van der Waals surface area contributed by atoms with Crippen molar-refractivity contribution in [3.05, 3.63) is 17.4 Å². The van der Waals surface area contributed by atoms with E-state index in [2.05, 4.69) is 5.73 Å². The smallest absolute Gasteiger partial charge is 0.0471 e. The Morgan fingerprint density at radius 3 is 2.62 bits per heavy atom. The summed E-state index contributed by atoms with van der Waals surface area (Å²) in [6.45, 7) is 4.18. The van der Waals surface area contributed by atoms with Gasteiger partial charge >= 0.3 is 0 Å². The van der Waals surface area contributed by atoms with E-state index >= 15 is 0 Å². The van der Waals surface area contributed by atoms with E-state index in [4.69, 9.17) is 5.11 Å². The zero-order valence-electron chi connectivity index (χ0n) is 5.44. The molecule has 0 amide bonds. The summed E-state index contributed by atoms with van der Waals surface area (Å²) in [5.41, 5.74) is 4.13. The summed E-state index contributed by atoms with van der Waals surface area (Å²) in [6, 6.07) is 0. The van der Waals surface area contributed by atoms with Crippen LogP contribution in [0.4, 0.5) is 0 Å². The van der Waals surface area contributed by atoms with Crippen molar-refractivity contribution in [3.8, 4) is 0 Å². The summed E-state index contributed by atoms with van der Waals surface area (Å²) >= 11 is 0. The number of hydrogen-bond acceptors (Lipinski definition) is 1. The maximum atomic E-state index is 8.30. The molecule has 0 aliphatic carbocycles. The lowest BCUT2D eigenvalue weighted by Crippen LogP contribution is -1.73. The first kappa shape index (κ1) is 7.48. The summed E-state index contributed by atoms with van der Waals surface area (Å²) in [4.78, 5) is 0. The fraction of sp³-hybridized carbons (Fsp3) is 0.571. The van der Waals surface area contributed by atoms with Crippen LogP contribution in [0.3, 0.4) is 0 Å². The highest BCUT2D eigenvalue weighted by Gasteiger charge is 1.70. The zero-order chi connectivity index (χ0) is 6.41. The highest BCUT2D eigenvalue weighted by atomic mass is 16.2. The van der Waals surface area contributed by atoms with Crippen molar-refractivity contribution in [1.82, 2.24) is 0 Å². The summed E-state index contributed by atoms with van der Waals surface area (Å²) in [6.07, 6.45) is 2.56. The molecule has 8 heavy (non-hydrogen) atoms. The van der Waals surface area contributed by atoms with Gasteiger partial charge in [-0.1, -0.05) is 0 Å². The predicted octanol–water partition coefficient (Wildman–Crippen LogP) is 1.49. The zero-order valence-corrected chi connectivity index (χ0v) is 5.44. The van der Waals surface area contributed by atoms with Crippen molar-refractivity contribution in [2.75, 3.05) is 6.61 Å². The molecule has 0 saturated heterocycles. The van der Waals surface area contributed by atoms with Gasteiger partial charge in [-0.2, -0.15) is 0 Å². The molecule has 0 fully saturated rings. The molecule has 0 spiro atoms. The summed E-state index contributed by atoms with van der Waals surface area (Å²) in [7, 11) is 0. The van der Waals surface area contributed by atoms with E-state index in [9.17, 15) is 0 Å². The molecule has 0 aromatic carbocycles. The third-order valence-electron chi connectivity index (χ3n) is 0.664. The van der Waals surface area contributed by atoms with Gasteiger partial charge in [-0.25, -0.2) is 0 Å². The fourth-order valence-corrected chi connectivity index (χ4v) is 0.341. The molecule has 0 radical (unpaired) electrons. The molecule has 0 aromatic rings. The van der Waals surface area contributed by atoms with E-state index in [1.54, 1.807) is 0 Å². The normalized spacial score (nSPS) is 7.88. The van der Waals surface area contributed by atoms with Crippen LogP contribution in [0, 0.1) is 0 Å². The molecule has 1 N–H and O–H groups in total. The minimum absolute atomic E-state index is 0.222. The van der Waals surface area contributed by atoms with Crippen molar-refractivity contribution in [2.24, 2.45) is 0 Å². The highest BCUT2D eigenvalue weighted by Crippen LogP contribution is 1.84. The van der Waals surface area contributed by atoms with Gasteiger partial charge in [-0.3, -0.25) is 0 Å². The topological polar surface area (TPSA) is 20.2 Å². The monoisotopic (exact) mass is 112 g/mol. The average molecular weight is 112 g/mol. The Morgan fingerprint density at radius 1 is 1.62 bits per heavy atom. The first-order chi connectivity index (χ1) is 3.77. The fourth-order valence-electron chi connectivity index (χ4n) is 0.341. The van der Waals surface area contributed by atoms with Crippen molar-refractivity contribution < 1.29 is 5.11 Å². The highest BCUT2D eigenvalue weighted by molar-refractivity contribution is 4.93. The Bertz CT molecular complexity index is 104. The van der Waals surface area contributed by atoms with E-state index in [1.165, 1.54) is 0 Å². The molecular weight excluding hydrogens is 100 g/mol. The Morgan fingerprint density at radius 2 is 2.25 bits per heavy atom. The van der Waals surface area contributed by atoms with Gasteiger partial charge < -0.3 is 5.11 Å². The molecule has 0 heterocycles. The first-order valence-electron chi connectivity index (χ1n) is 2.76. The van der Waals surface area contributed by atoms with E-state index in [0.717, 1.165) is 5.57 Å². The maximum absolute atomic E-state index is 8.30. The molecule has 0 aromatic heterocycles. The van der Waals surface area contributed by atoms with Gasteiger partial charge in [-0.15, -0.1) is 5.73 Å². The quantitative estimate of drug-likeness (QED) is 0.536. The van der Waals surface area contributed by atoms with Crippen LogP contribution in [0.5, 0.6) is 0 Å². The average Bonchev–Trinajstić information content (AvgIpc) is 1.66.